The molecule has 0 spiro atoms. The Balaban J connectivity index is 1.94. The number of ether oxygens (including phenoxy) is 1. The van der Waals surface area contributed by atoms with Crippen LogP contribution in [0.5, 0.6) is 5.75 Å². The van der Waals surface area contributed by atoms with Gasteiger partial charge in [-0.2, -0.15) is 4.31 Å². The largest absolute Gasteiger partial charge is 0.488 e. The van der Waals surface area contributed by atoms with E-state index < -0.39 is 15.9 Å². The van der Waals surface area contributed by atoms with Gasteiger partial charge in [-0.05, 0) is 81.0 Å². The minimum Gasteiger partial charge on any atom is -0.488 e. The van der Waals surface area contributed by atoms with E-state index in [1.54, 1.807) is 0 Å². The quantitative estimate of drug-likeness (QED) is 0.660. The molecule has 7 nitrogen and oxygen atoms in total. The van der Waals surface area contributed by atoms with E-state index in [0.29, 0.717) is 18.7 Å². The van der Waals surface area contributed by atoms with Gasteiger partial charge in [-0.25, -0.2) is 8.42 Å². The van der Waals surface area contributed by atoms with Gasteiger partial charge in [0.15, 0.2) is 5.78 Å². The number of hydrogen-bond donors (Lipinski definition) is 1. The van der Waals surface area contributed by atoms with Crippen LogP contribution in [-0.2, 0) is 16.6 Å². The second-order valence-electron chi connectivity index (χ2n) is 7.97. The maximum Gasteiger partial charge on any atom is 0.252 e. The highest BCUT2D eigenvalue weighted by Crippen LogP contribution is 2.29. The maximum atomic E-state index is 12.8. The molecule has 166 valence electrons. The van der Waals surface area contributed by atoms with Crippen molar-refractivity contribution in [1.29, 1.82) is 0 Å². The van der Waals surface area contributed by atoms with Crippen LogP contribution in [0.3, 0.4) is 0 Å². The molecular formula is C23H28N2O5S. The van der Waals surface area contributed by atoms with E-state index in [0.717, 1.165) is 35.1 Å². The van der Waals surface area contributed by atoms with Gasteiger partial charge in [0.25, 0.3) is 5.91 Å². The second-order valence-corrected chi connectivity index (χ2v) is 9.91. The van der Waals surface area contributed by atoms with Crippen molar-refractivity contribution in [3.63, 3.8) is 0 Å². The van der Waals surface area contributed by atoms with Crippen LogP contribution in [0, 0.1) is 20.8 Å². The highest BCUT2D eigenvalue weighted by Gasteiger charge is 2.28. The summed E-state index contributed by atoms with van der Waals surface area (Å²) in [6.07, 6.45) is 1.64. The van der Waals surface area contributed by atoms with Crippen molar-refractivity contribution in [3.8, 4) is 5.75 Å². The van der Waals surface area contributed by atoms with Crippen LogP contribution in [-0.4, -0.2) is 37.5 Å². The van der Waals surface area contributed by atoms with Crippen molar-refractivity contribution in [1.82, 2.24) is 4.31 Å². The number of primary amides is 1. The number of nitrogens with two attached hydrogens (primary N) is 1. The highest BCUT2D eigenvalue weighted by molar-refractivity contribution is 7.89. The monoisotopic (exact) mass is 444 g/mol. The smallest absolute Gasteiger partial charge is 0.252 e. The molecule has 0 aliphatic carbocycles. The Labute approximate surface area is 183 Å². The standard InChI is InChI=1S/C23H28N2O5S/c1-14-11-15(2)22(17(4)26)16(3)20(14)13-30-21-8-7-18(12-19(21)23(24)27)31(28,29)25-9-5-6-10-25/h7-8,11-12H,5-6,9-10,13H2,1-4H3,(H2,24,27). The number of hydrogen-bond acceptors (Lipinski definition) is 5. The molecule has 8 heteroatoms. The summed E-state index contributed by atoms with van der Waals surface area (Å²) in [6.45, 7) is 8.29. The molecule has 1 heterocycles. The fourth-order valence-electron chi connectivity index (χ4n) is 4.21. The third-order valence-electron chi connectivity index (χ3n) is 5.77. The summed E-state index contributed by atoms with van der Waals surface area (Å²) in [5, 5.41) is 0. The van der Waals surface area contributed by atoms with E-state index in [9.17, 15) is 18.0 Å². The van der Waals surface area contributed by atoms with Crippen LogP contribution in [0.1, 0.15) is 62.7 Å². The molecule has 0 atom stereocenters. The van der Waals surface area contributed by atoms with Gasteiger partial charge in [-0.3, -0.25) is 9.59 Å². The predicted molar refractivity (Wildman–Crippen MR) is 118 cm³/mol. The summed E-state index contributed by atoms with van der Waals surface area (Å²) in [7, 11) is -3.68. The topological polar surface area (TPSA) is 107 Å². The van der Waals surface area contributed by atoms with Crippen LogP contribution < -0.4 is 10.5 Å². The van der Waals surface area contributed by atoms with Crippen LogP contribution in [0.15, 0.2) is 29.2 Å². The average Bonchev–Trinajstić information content (AvgIpc) is 3.22. The molecule has 2 N–H and O–H groups in total. The number of rotatable bonds is 7. The number of benzene rings is 2. The van der Waals surface area contributed by atoms with Crippen LogP contribution in [0.25, 0.3) is 0 Å². The van der Waals surface area contributed by atoms with E-state index >= 15 is 0 Å². The molecule has 1 aliphatic rings. The third-order valence-corrected chi connectivity index (χ3v) is 7.67. The molecule has 0 radical (unpaired) electrons. The molecule has 0 bridgehead atoms. The predicted octanol–water partition coefficient (Wildman–Crippen LogP) is 3.28. The van der Waals surface area contributed by atoms with Gasteiger partial charge in [-0.15, -0.1) is 0 Å². The number of carbonyl (C=O) groups is 2. The van der Waals surface area contributed by atoms with Crippen molar-refractivity contribution in [2.24, 2.45) is 5.73 Å². The van der Waals surface area contributed by atoms with Gasteiger partial charge < -0.3 is 10.5 Å². The molecule has 0 saturated carbocycles. The third kappa shape index (κ3) is 4.50. The second kappa shape index (κ2) is 8.80. The summed E-state index contributed by atoms with van der Waals surface area (Å²) in [5.74, 6) is -0.586. The maximum absolute atomic E-state index is 12.8. The molecule has 1 saturated heterocycles. The zero-order valence-electron chi connectivity index (χ0n) is 18.3. The van der Waals surface area contributed by atoms with Crippen molar-refractivity contribution in [3.05, 3.63) is 57.6 Å². The minimum atomic E-state index is -3.68. The first kappa shape index (κ1) is 23.0. The molecule has 0 aromatic heterocycles. The van der Waals surface area contributed by atoms with Gasteiger partial charge in [0.2, 0.25) is 10.0 Å². The lowest BCUT2D eigenvalue weighted by atomic mass is 9.92. The lowest BCUT2D eigenvalue weighted by Gasteiger charge is -2.19. The number of nitrogens with zero attached hydrogens (tertiary/aromatic N) is 1. The van der Waals surface area contributed by atoms with E-state index in [-0.39, 0.29) is 28.6 Å². The zero-order valence-corrected chi connectivity index (χ0v) is 19.1. The minimum absolute atomic E-state index is 0.00878. The van der Waals surface area contributed by atoms with Crippen molar-refractivity contribution >= 4 is 21.7 Å². The average molecular weight is 445 g/mol. The van der Waals surface area contributed by atoms with Crippen LogP contribution >= 0.6 is 0 Å². The Kier molecular flexibility index (Phi) is 6.52. The SMILES string of the molecule is CC(=O)c1c(C)cc(C)c(COc2ccc(S(=O)(=O)N3CCCC3)cc2C(N)=O)c1C. The van der Waals surface area contributed by atoms with Crippen LogP contribution in [0.4, 0.5) is 0 Å². The molecule has 1 amide bonds. The first-order chi connectivity index (χ1) is 14.5. The summed E-state index contributed by atoms with van der Waals surface area (Å²) in [6, 6.07) is 6.11. The molecule has 3 rings (SSSR count). The summed E-state index contributed by atoms with van der Waals surface area (Å²) < 4.78 is 33.0. The first-order valence-electron chi connectivity index (χ1n) is 10.2. The lowest BCUT2D eigenvalue weighted by Crippen LogP contribution is -2.28. The van der Waals surface area contributed by atoms with Crippen molar-refractivity contribution in [2.45, 2.75) is 52.0 Å². The number of aryl methyl sites for hydroxylation is 2. The lowest BCUT2D eigenvalue weighted by molar-refractivity contribution is 0.0992. The molecule has 2 aromatic carbocycles. The van der Waals surface area contributed by atoms with E-state index in [2.05, 4.69) is 0 Å². The number of amides is 1. The van der Waals surface area contributed by atoms with Crippen molar-refractivity contribution in [2.75, 3.05) is 13.1 Å². The van der Waals surface area contributed by atoms with E-state index in [1.807, 2.05) is 26.8 Å². The fourth-order valence-corrected chi connectivity index (χ4v) is 5.75. The van der Waals surface area contributed by atoms with E-state index in [1.165, 1.54) is 29.4 Å². The van der Waals surface area contributed by atoms with Gasteiger partial charge in [0, 0.05) is 18.7 Å². The molecule has 2 aromatic rings. The molecule has 0 unspecified atom stereocenters. The zero-order chi connectivity index (χ0) is 22.9. The first-order valence-corrected chi connectivity index (χ1v) is 11.7. The Morgan fingerprint density at radius 2 is 1.71 bits per heavy atom. The number of ketones is 1. The molecule has 31 heavy (non-hydrogen) atoms. The Hall–Kier alpha value is -2.71. The van der Waals surface area contributed by atoms with Gasteiger partial charge in [0.05, 0.1) is 10.5 Å². The van der Waals surface area contributed by atoms with E-state index in [4.69, 9.17) is 10.5 Å². The summed E-state index contributed by atoms with van der Waals surface area (Å²) >= 11 is 0. The van der Waals surface area contributed by atoms with Crippen molar-refractivity contribution < 1.29 is 22.7 Å². The highest BCUT2D eigenvalue weighted by atomic mass is 32.2. The van der Waals surface area contributed by atoms with Gasteiger partial charge >= 0.3 is 0 Å². The summed E-state index contributed by atoms with van der Waals surface area (Å²) in [5.41, 5.74) is 9.74. The Bertz CT molecular complexity index is 1150. The fraction of sp³-hybridized carbons (Fsp3) is 0.391. The molecular weight excluding hydrogens is 416 g/mol. The van der Waals surface area contributed by atoms with Crippen LogP contribution in [0.2, 0.25) is 0 Å². The molecule has 1 fully saturated rings. The Morgan fingerprint density at radius 1 is 1.06 bits per heavy atom. The number of Topliss-reactive ketones (excluding diaryl/α,β-unsaturated/α-hetero) is 1. The normalized spacial score (nSPS) is 14.6. The Morgan fingerprint density at radius 3 is 2.29 bits per heavy atom. The van der Waals surface area contributed by atoms with Gasteiger partial charge in [0.1, 0.15) is 12.4 Å². The summed E-state index contributed by atoms with van der Waals surface area (Å²) in [4.78, 5) is 24.1. The number of sulfonamides is 1. The molecule has 1 aliphatic heterocycles. The van der Waals surface area contributed by atoms with Gasteiger partial charge in [-0.1, -0.05) is 6.07 Å². The number of carbonyl (C=O) groups excluding carboxylic acids is 2.